The Morgan fingerprint density at radius 1 is 1.31 bits per heavy atom. The lowest BCUT2D eigenvalue weighted by molar-refractivity contribution is 0.101. The van der Waals surface area contributed by atoms with E-state index in [4.69, 9.17) is 5.21 Å². The summed E-state index contributed by atoms with van der Waals surface area (Å²) in [6.07, 6.45) is 2.12. The maximum absolute atomic E-state index is 10.6. The van der Waals surface area contributed by atoms with Gasteiger partial charge in [-0.25, -0.2) is 4.99 Å². The van der Waals surface area contributed by atoms with Crippen LogP contribution >= 0.6 is 0 Å². The largest absolute Gasteiger partial charge is 0.411 e. The molecule has 1 saturated carbocycles. The van der Waals surface area contributed by atoms with Crippen molar-refractivity contribution < 1.29 is 10.3 Å². The molecule has 0 saturated heterocycles. The number of aliphatic hydroxyl groups is 1. The molecule has 1 atom stereocenters. The van der Waals surface area contributed by atoms with Crippen molar-refractivity contribution in [2.45, 2.75) is 24.9 Å². The number of rotatable bonds is 0. The first-order valence-electron chi connectivity index (χ1n) is 5.38. The molecular weight excluding hydrogens is 204 g/mol. The fraction of sp³-hybridized carbons (Fsp3) is 0.333. The first-order chi connectivity index (χ1) is 7.75. The minimum atomic E-state index is -1.05. The summed E-state index contributed by atoms with van der Waals surface area (Å²) in [4.78, 5) is 4.37. The number of nitrogens with zero attached hydrogens (tertiary/aromatic N) is 2. The molecule has 82 valence electrons. The smallest absolute Gasteiger partial charge is 0.135 e. The van der Waals surface area contributed by atoms with Crippen LogP contribution in [-0.2, 0) is 5.60 Å². The zero-order valence-electron chi connectivity index (χ0n) is 8.72. The van der Waals surface area contributed by atoms with E-state index in [2.05, 4.69) is 10.1 Å². The van der Waals surface area contributed by atoms with Gasteiger partial charge in [0.2, 0.25) is 0 Å². The minimum Gasteiger partial charge on any atom is -0.411 e. The van der Waals surface area contributed by atoms with E-state index in [1.165, 1.54) is 0 Å². The first kappa shape index (κ1) is 9.54. The zero-order chi connectivity index (χ0) is 11.2. The molecule has 1 heterocycles. The highest BCUT2D eigenvalue weighted by Crippen LogP contribution is 2.44. The van der Waals surface area contributed by atoms with Crippen LogP contribution in [0, 0.1) is 0 Å². The highest BCUT2D eigenvalue weighted by Gasteiger charge is 2.46. The van der Waals surface area contributed by atoms with Crippen LogP contribution in [0.2, 0.25) is 0 Å². The molecule has 1 aromatic carbocycles. The van der Waals surface area contributed by atoms with E-state index in [-0.39, 0.29) is 0 Å². The molecule has 2 aliphatic rings. The monoisotopic (exact) mass is 216 g/mol. The second kappa shape index (κ2) is 3.15. The van der Waals surface area contributed by atoms with Gasteiger partial charge in [0.15, 0.2) is 0 Å². The summed E-state index contributed by atoms with van der Waals surface area (Å²) in [7, 11) is 0. The van der Waals surface area contributed by atoms with Crippen molar-refractivity contribution in [3.8, 4) is 0 Å². The van der Waals surface area contributed by atoms with Crippen molar-refractivity contribution in [3.05, 3.63) is 29.8 Å². The number of aliphatic imine (C=N–C) groups is 1. The minimum absolute atomic E-state index is 0.505. The van der Waals surface area contributed by atoms with Crippen LogP contribution in [0.4, 0.5) is 5.69 Å². The zero-order valence-corrected chi connectivity index (χ0v) is 8.72. The molecule has 16 heavy (non-hydrogen) atoms. The maximum Gasteiger partial charge on any atom is 0.135 e. The molecule has 0 radical (unpaired) electrons. The molecule has 0 aromatic heterocycles. The molecule has 1 aliphatic heterocycles. The lowest BCUT2D eigenvalue weighted by Gasteiger charge is -2.30. The fourth-order valence-electron chi connectivity index (χ4n) is 2.55. The van der Waals surface area contributed by atoms with Crippen LogP contribution in [0.5, 0.6) is 0 Å². The van der Waals surface area contributed by atoms with Gasteiger partial charge in [-0.05, 0) is 25.3 Å². The van der Waals surface area contributed by atoms with E-state index < -0.39 is 5.60 Å². The van der Waals surface area contributed by atoms with Crippen molar-refractivity contribution in [1.82, 2.24) is 0 Å². The second-order valence-electron chi connectivity index (χ2n) is 4.24. The van der Waals surface area contributed by atoms with Gasteiger partial charge in [0.1, 0.15) is 17.0 Å². The normalized spacial score (nSPS) is 29.8. The van der Waals surface area contributed by atoms with Gasteiger partial charge < -0.3 is 10.3 Å². The van der Waals surface area contributed by atoms with Gasteiger partial charge in [0.25, 0.3) is 0 Å². The maximum atomic E-state index is 10.6. The van der Waals surface area contributed by atoms with Crippen molar-refractivity contribution in [1.29, 1.82) is 0 Å². The third kappa shape index (κ3) is 1.08. The predicted octanol–water partition coefficient (Wildman–Crippen LogP) is 1.97. The quantitative estimate of drug-likeness (QED) is 0.514. The number of oxime groups is 1. The average molecular weight is 216 g/mol. The molecule has 2 N–H and O–H groups in total. The summed E-state index contributed by atoms with van der Waals surface area (Å²) in [6, 6.07) is 7.53. The molecule has 1 aliphatic carbocycles. The number of para-hydroxylation sites is 1. The van der Waals surface area contributed by atoms with Crippen molar-refractivity contribution >= 4 is 17.1 Å². The Labute approximate surface area is 92.9 Å². The van der Waals surface area contributed by atoms with Gasteiger partial charge in [-0.2, -0.15) is 0 Å². The van der Waals surface area contributed by atoms with Crippen LogP contribution in [0.3, 0.4) is 0 Å². The van der Waals surface area contributed by atoms with Gasteiger partial charge in [0, 0.05) is 5.56 Å². The Morgan fingerprint density at radius 3 is 2.94 bits per heavy atom. The lowest BCUT2D eigenvalue weighted by atomic mass is 9.78. The van der Waals surface area contributed by atoms with Gasteiger partial charge in [-0.1, -0.05) is 23.4 Å². The first-order valence-corrected chi connectivity index (χ1v) is 5.38. The summed E-state index contributed by atoms with van der Waals surface area (Å²) in [5.41, 5.74) is 1.58. The highest BCUT2D eigenvalue weighted by atomic mass is 16.4. The molecule has 0 bridgehead atoms. The topological polar surface area (TPSA) is 65.2 Å². The Kier molecular flexibility index (Phi) is 1.88. The Balaban J connectivity index is 2.20. The lowest BCUT2D eigenvalue weighted by Crippen LogP contribution is -2.41. The predicted molar refractivity (Wildman–Crippen MR) is 60.5 cm³/mol. The van der Waals surface area contributed by atoms with Gasteiger partial charge in [-0.15, -0.1) is 0 Å². The van der Waals surface area contributed by atoms with Crippen molar-refractivity contribution in [2.24, 2.45) is 10.1 Å². The molecule has 4 nitrogen and oxygen atoms in total. The van der Waals surface area contributed by atoms with Crippen LogP contribution in [0.15, 0.2) is 34.4 Å². The molecule has 0 amide bonds. The second-order valence-corrected chi connectivity index (χ2v) is 4.24. The van der Waals surface area contributed by atoms with Gasteiger partial charge in [0.05, 0.1) is 5.69 Å². The molecule has 4 heteroatoms. The van der Waals surface area contributed by atoms with Gasteiger partial charge in [-0.3, -0.25) is 0 Å². The van der Waals surface area contributed by atoms with E-state index in [9.17, 15) is 5.11 Å². The summed E-state index contributed by atoms with van der Waals surface area (Å²) in [6.45, 7) is 0. The highest BCUT2D eigenvalue weighted by molar-refractivity contribution is 6.47. The number of hydrogen-bond donors (Lipinski definition) is 2. The van der Waals surface area contributed by atoms with Crippen LogP contribution < -0.4 is 0 Å². The Hall–Kier alpha value is -1.68. The summed E-state index contributed by atoms with van der Waals surface area (Å²) >= 11 is 0. The summed E-state index contributed by atoms with van der Waals surface area (Å²) in [5.74, 6) is 0. The van der Waals surface area contributed by atoms with Gasteiger partial charge >= 0.3 is 0 Å². The Morgan fingerprint density at radius 2 is 2.12 bits per heavy atom. The van der Waals surface area contributed by atoms with Crippen LogP contribution in [0.25, 0.3) is 0 Å². The number of fused-ring (bicyclic) bond motifs is 3. The molecule has 3 rings (SSSR count). The molecule has 1 unspecified atom stereocenters. The third-order valence-electron chi connectivity index (χ3n) is 3.32. The average Bonchev–Trinajstić information content (AvgIpc) is 2.62. The van der Waals surface area contributed by atoms with E-state index >= 15 is 0 Å². The molecule has 1 fully saturated rings. The van der Waals surface area contributed by atoms with Crippen LogP contribution in [0.1, 0.15) is 24.8 Å². The Bertz CT molecular complexity index is 507. The van der Waals surface area contributed by atoms with E-state index in [1.54, 1.807) is 0 Å². The van der Waals surface area contributed by atoms with E-state index in [0.717, 1.165) is 17.7 Å². The SMILES string of the molecule is O/N=C1/CCCC2(O)C1=Nc1ccccc12. The number of benzene rings is 1. The van der Waals surface area contributed by atoms with Crippen molar-refractivity contribution in [3.63, 3.8) is 0 Å². The number of hydrogen-bond acceptors (Lipinski definition) is 4. The third-order valence-corrected chi connectivity index (χ3v) is 3.32. The van der Waals surface area contributed by atoms with E-state index in [1.807, 2.05) is 24.3 Å². The van der Waals surface area contributed by atoms with E-state index in [0.29, 0.717) is 24.3 Å². The van der Waals surface area contributed by atoms with Crippen LogP contribution in [-0.4, -0.2) is 21.7 Å². The summed E-state index contributed by atoms with van der Waals surface area (Å²) in [5, 5.41) is 22.8. The summed E-state index contributed by atoms with van der Waals surface area (Å²) < 4.78 is 0. The van der Waals surface area contributed by atoms with Crippen molar-refractivity contribution in [2.75, 3.05) is 0 Å². The molecule has 0 spiro atoms. The fourth-order valence-corrected chi connectivity index (χ4v) is 2.55. The molecule has 1 aromatic rings. The molecular formula is C12H12N2O2. The standard InChI is InChI=1S/C12H12N2O2/c15-12-7-3-6-10(14-16)11(12)13-9-5-2-1-4-8(9)12/h1-2,4-5,15-16H,3,6-7H2/b14-10-.